The molecule has 0 bridgehead atoms. The van der Waals surface area contributed by atoms with Gasteiger partial charge in [-0.2, -0.15) is 0 Å². The van der Waals surface area contributed by atoms with Gasteiger partial charge in [-0.05, 0) is 47.5 Å². The average molecular weight is 368 g/mol. The van der Waals surface area contributed by atoms with Crippen molar-refractivity contribution in [3.05, 3.63) is 88.6 Å². The third-order valence-corrected chi connectivity index (χ3v) is 3.99. The SMILES string of the molecule is Nc1ncccc1C(=O)NCc1ccc(OCc2cccc(Cl)c2)cc1. The van der Waals surface area contributed by atoms with Crippen LogP contribution >= 0.6 is 11.6 Å². The number of halogens is 1. The van der Waals surface area contributed by atoms with Crippen LogP contribution in [0.2, 0.25) is 5.02 Å². The summed E-state index contributed by atoms with van der Waals surface area (Å²) in [5, 5.41) is 3.51. The van der Waals surface area contributed by atoms with E-state index in [-0.39, 0.29) is 11.7 Å². The Bertz CT molecular complexity index is 898. The largest absolute Gasteiger partial charge is 0.489 e. The second kappa shape index (κ2) is 8.36. The van der Waals surface area contributed by atoms with Crippen LogP contribution in [0.25, 0.3) is 0 Å². The molecule has 132 valence electrons. The van der Waals surface area contributed by atoms with Crippen LogP contribution in [0.5, 0.6) is 5.75 Å². The summed E-state index contributed by atoms with van der Waals surface area (Å²) in [7, 11) is 0. The molecular weight excluding hydrogens is 350 g/mol. The maximum atomic E-state index is 12.1. The first-order valence-corrected chi connectivity index (χ1v) is 8.44. The van der Waals surface area contributed by atoms with E-state index >= 15 is 0 Å². The van der Waals surface area contributed by atoms with Gasteiger partial charge in [-0.15, -0.1) is 0 Å². The Morgan fingerprint density at radius 3 is 2.62 bits per heavy atom. The van der Waals surface area contributed by atoms with Gasteiger partial charge in [-0.25, -0.2) is 4.98 Å². The van der Waals surface area contributed by atoms with E-state index in [9.17, 15) is 4.79 Å². The Kier molecular flexibility index (Phi) is 5.71. The first-order chi connectivity index (χ1) is 12.6. The molecule has 0 spiro atoms. The van der Waals surface area contributed by atoms with E-state index in [0.29, 0.717) is 23.7 Å². The van der Waals surface area contributed by atoms with Crippen LogP contribution in [-0.4, -0.2) is 10.9 Å². The zero-order valence-electron chi connectivity index (χ0n) is 14.0. The molecule has 2 aromatic carbocycles. The molecule has 1 aromatic heterocycles. The normalized spacial score (nSPS) is 10.3. The molecule has 0 aliphatic carbocycles. The summed E-state index contributed by atoms with van der Waals surface area (Å²) in [6.07, 6.45) is 1.55. The van der Waals surface area contributed by atoms with E-state index in [0.717, 1.165) is 16.9 Å². The number of hydrogen-bond donors (Lipinski definition) is 2. The highest BCUT2D eigenvalue weighted by molar-refractivity contribution is 6.30. The molecule has 0 aliphatic heterocycles. The van der Waals surface area contributed by atoms with Crippen LogP contribution in [0, 0.1) is 0 Å². The zero-order chi connectivity index (χ0) is 18.4. The first kappa shape index (κ1) is 17.8. The van der Waals surface area contributed by atoms with Gasteiger partial charge in [0.15, 0.2) is 0 Å². The molecule has 6 heteroatoms. The number of amides is 1. The Balaban J connectivity index is 1.53. The summed E-state index contributed by atoms with van der Waals surface area (Å²) in [4.78, 5) is 16.0. The fourth-order valence-electron chi connectivity index (χ4n) is 2.38. The fourth-order valence-corrected chi connectivity index (χ4v) is 2.60. The summed E-state index contributed by atoms with van der Waals surface area (Å²) >= 11 is 5.96. The number of rotatable bonds is 6. The molecule has 3 aromatic rings. The van der Waals surface area contributed by atoms with Crippen molar-refractivity contribution < 1.29 is 9.53 Å². The molecule has 0 saturated heterocycles. The molecule has 0 aliphatic rings. The van der Waals surface area contributed by atoms with Gasteiger partial charge < -0.3 is 15.8 Å². The molecule has 1 amide bonds. The summed E-state index contributed by atoms with van der Waals surface area (Å²) in [6, 6.07) is 18.4. The predicted molar refractivity (Wildman–Crippen MR) is 102 cm³/mol. The second-order valence-corrected chi connectivity index (χ2v) is 6.12. The highest BCUT2D eigenvalue weighted by Crippen LogP contribution is 2.16. The molecule has 26 heavy (non-hydrogen) atoms. The number of ether oxygens (including phenoxy) is 1. The van der Waals surface area contributed by atoms with Gasteiger partial charge in [0, 0.05) is 17.8 Å². The van der Waals surface area contributed by atoms with Crippen molar-refractivity contribution in [1.29, 1.82) is 0 Å². The lowest BCUT2D eigenvalue weighted by atomic mass is 10.2. The minimum Gasteiger partial charge on any atom is -0.489 e. The number of hydrogen-bond acceptors (Lipinski definition) is 4. The van der Waals surface area contributed by atoms with E-state index in [1.807, 2.05) is 48.5 Å². The van der Waals surface area contributed by atoms with E-state index in [2.05, 4.69) is 10.3 Å². The molecule has 0 atom stereocenters. The van der Waals surface area contributed by atoms with Crippen LogP contribution in [0.3, 0.4) is 0 Å². The minimum absolute atomic E-state index is 0.217. The van der Waals surface area contributed by atoms with Gasteiger partial charge in [0.1, 0.15) is 18.2 Å². The molecule has 0 saturated carbocycles. The lowest BCUT2D eigenvalue weighted by molar-refractivity contribution is 0.0951. The van der Waals surface area contributed by atoms with Crippen LogP contribution in [-0.2, 0) is 13.2 Å². The van der Waals surface area contributed by atoms with Crippen molar-refractivity contribution in [2.75, 3.05) is 5.73 Å². The maximum Gasteiger partial charge on any atom is 0.255 e. The van der Waals surface area contributed by atoms with Crippen molar-refractivity contribution in [2.45, 2.75) is 13.2 Å². The third kappa shape index (κ3) is 4.74. The lowest BCUT2D eigenvalue weighted by Crippen LogP contribution is -2.24. The minimum atomic E-state index is -0.253. The molecule has 0 unspecified atom stereocenters. The lowest BCUT2D eigenvalue weighted by Gasteiger charge is -2.09. The van der Waals surface area contributed by atoms with E-state index in [1.54, 1.807) is 18.3 Å². The topological polar surface area (TPSA) is 77.2 Å². The van der Waals surface area contributed by atoms with E-state index in [4.69, 9.17) is 22.1 Å². The maximum absolute atomic E-state index is 12.1. The summed E-state index contributed by atoms with van der Waals surface area (Å²) in [5.41, 5.74) is 8.03. The van der Waals surface area contributed by atoms with Crippen molar-refractivity contribution >= 4 is 23.3 Å². The zero-order valence-corrected chi connectivity index (χ0v) is 14.7. The van der Waals surface area contributed by atoms with Gasteiger partial charge in [0.05, 0.1) is 5.56 Å². The van der Waals surface area contributed by atoms with Crippen molar-refractivity contribution in [2.24, 2.45) is 0 Å². The third-order valence-electron chi connectivity index (χ3n) is 3.75. The molecule has 5 nitrogen and oxygen atoms in total. The first-order valence-electron chi connectivity index (χ1n) is 8.07. The number of carbonyl (C=O) groups is 1. The number of benzene rings is 2. The molecule has 3 rings (SSSR count). The monoisotopic (exact) mass is 367 g/mol. The number of nitrogen functional groups attached to an aromatic ring is 1. The molecule has 1 heterocycles. The predicted octanol–water partition coefficient (Wildman–Crippen LogP) is 3.83. The Hall–Kier alpha value is -3.05. The van der Waals surface area contributed by atoms with Crippen LogP contribution in [0.4, 0.5) is 5.82 Å². The number of nitrogens with two attached hydrogens (primary N) is 1. The Labute approximate surface area is 156 Å². The van der Waals surface area contributed by atoms with E-state index < -0.39 is 0 Å². The second-order valence-electron chi connectivity index (χ2n) is 5.68. The highest BCUT2D eigenvalue weighted by Gasteiger charge is 2.09. The highest BCUT2D eigenvalue weighted by atomic mass is 35.5. The Morgan fingerprint density at radius 1 is 1.08 bits per heavy atom. The van der Waals surface area contributed by atoms with Crippen molar-refractivity contribution in [3.8, 4) is 5.75 Å². The summed E-state index contributed by atoms with van der Waals surface area (Å²) in [6.45, 7) is 0.832. The molecule has 0 radical (unpaired) electrons. The van der Waals surface area contributed by atoms with Crippen LogP contribution < -0.4 is 15.8 Å². The van der Waals surface area contributed by atoms with Crippen molar-refractivity contribution in [3.63, 3.8) is 0 Å². The smallest absolute Gasteiger partial charge is 0.255 e. The Morgan fingerprint density at radius 2 is 1.88 bits per heavy atom. The van der Waals surface area contributed by atoms with Gasteiger partial charge in [0.2, 0.25) is 0 Å². The molecular formula is C20H18ClN3O2. The number of aromatic nitrogens is 1. The van der Waals surface area contributed by atoms with Crippen LogP contribution in [0.1, 0.15) is 21.5 Å². The van der Waals surface area contributed by atoms with Crippen LogP contribution in [0.15, 0.2) is 66.9 Å². The average Bonchev–Trinajstić information content (AvgIpc) is 2.66. The summed E-state index contributed by atoms with van der Waals surface area (Å²) in [5.74, 6) is 0.711. The van der Waals surface area contributed by atoms with Gasteiger partial charge in [0.25, 0.3) is 5.91 Å². The van der Waals surface area contributed by atoms with E-state index in [1.165, 1.54) is 0 Å². The quantitative estimate of drug-likeness (QED) is 0.694. The number of nitrogens with zero attached hydrogens (tertiary/aromatic N) is 1. The molecule has 0 fully saturated rings. The number of nitrogens with one attached hydrogen (secondary N) is 1. The van der Waals surface area contributed by atoms with Gasteiger partial charge in [-0.1, -0.05) is 35.9 Å². The van der Waals surface area contributed by atoms with Gasteiger partial charge in [-0.3, -0.25) is 4.79 Å². The number of pyridine rings is 1. The van der Waals surface area contributed by atoms with Gasteiger partial charge >= 0.3 is 0 Å². The standard InChI is InChI=1S/C20H18ClN3O2/c21-16-4-1-3-15(11-16)13-26-17-8-6-14(7-9-17)12-24-20(25)18-5-2-10-23-19(18)22/h1-11H,12-13H2,(H2,22,23)(H,24,25). The number of anilines is 1. The summed E-state index contributed by atoms with van der Waals surface area (Å²) < 4.78 is 5.74. The van der Waals surface area contributed by atoms with Crippen molar-refractivity contribution in [1.82, 2.24) is 10.3 Å². The fraction of sp³-hybridized carbons (Fsp3) is 0.100. The molecule has 3 N–H and O–H groups in total. The number of carbonyl (C=O) groups excluding carboxylic acids is 1.